The summed E-state index contributed by atoms with van der Waals surface area (Å²) in [6.07, 6.45) is 3.61. The van der Waals surface area contributed by atoms with Crippen molar-refractivity contribution in [2.75, 3.05) is 26.2 Å². The fraction of sp³-hybridized carbons (Fsp3) is 0.443. The predicted octanol–water partition coefficient (Wildman–Crippen LogP) is -2.14. The number of carboxylic acids is 1. The van der Waals surface area contributed by atoms with Gasteiger partial charge < -0.3 is 118 Å². The standard InChI is InChI=1S/C79H111N23O15/c1-4-5-23-55(96-77(117)66(45(2)3)102-67(107)53(81)35-48-28-30-51(103)31-29-48)70(110)101-63(40-65(105)106)76(116)100-62(39-50-42-87-44-92-50)75(115)98-60(37-47-20-10-7-11-21-47)73(113)95-58(27-17-34-89-79(85)86)72(112)99-61(38-49-41-90-54-24-13-12-22-52(49)54)74(114)94-56(25-14-15-32-80)69(109)93-57(26-16-33-88-78(83)84)71(111)97-59(68(108)91-43-64(82)104)36-46-18-8-6-9-19-46/h6-13,18-22,24,28-31,41-42,44-45,53,55-63,66,90,103H,4-5,14-17,23,25-27,32-40,43,80-81H2,1-3H3,(H2,82,104)(H,87,92)(H,91,108)(H,93,109)(H,94,114)(H,95,113)(H,96,117)(H,97,111)(H,98,115)(H,99,112)(H,100,116)(H,101,110)(H,102,107)(H,105,106)(H4,83,84,88)(H4,85,86,89)/t53-,55-,56-,57-,58-,59-,60-,61-,62-,63-,66-/m0/s1. The molecular formula is C79H111N23O15. The topological polar surface area (TPSA) is 641 Å². The number of carbonyl (C=O) groups excluding carboxylic acids is 12. The first-order valence-corrected chi connectivity index (χ1v) is 38.7. The van der Waals surface area contributed by atoms with Crippen molar-refractivity contribution in [2.24, 2.45) is 34.6 Å². The van der Waals surface area contributed by atoms with Crippen molar-refractivity contribution in [2.45, 2.75) is 190 Å². The molecule has 0 aliphatic carbocycles. The van der Waals surface area contributed by atoms with Crippen LogP contribution < -0.4 is 97.8 Å². The molecule has 38 nitrogen and oxygen atoms in total. The number of aromatic amines is 2. The number of unbranched alkanes of at least 4 members (excludes halogenated alkanes) is 2. The number of aliphatic carboxylic acids is 1. The van der Waals surface area contributed by atoms with E-state index in [9.17, 15) is 53.4 Å². The number of hydrogen-bond donors (Lipinski definition) is 24. The smallest absolute Gasteiger partial charge is 0.305 e. The zero-order chi connectivity index (χ0) is 85.5. The number of aromatic nitrogens is 3. The Labute approximate surface area is 676 Å². The highest BCUT2D eigenvalue weighted by atomic mass is 16.4. The highest BCUT2D eigenvalue weighted by molar-refractivity contribution is 6.00. The van der Waals surface area contributed by atoms with E-state index in [2.05, 4.69) is 84.1 Å². The van der Waals surface area contributed by atoms with Crippen LogP contribution in [0.3, 0.4) is 0 Å². The number of fused-ring (bicyclic) bond motifs is 1. The van der Waals surface area contributed by atoms with Gasteiger partial charge in [-0.05, 0) is 111 Å². The number of carboxylic acid groups (broad SMARTS) is 1. The molecule has 0 fully saturated rings. The largest absolute Gasteiger partial charge is 0.508 e. The molecule has 6 rings (SSSR count). The summed E-state index contributed by atoms with van der Waals surface area (Å²) in [6, 6.07) is 13.8. The molecule has 2 aromatic heterocycles. The lowest BCUT2D eigenvalue weighted by atomic mass is 10.00. The van der Waals surface area contributed by atoms with Gasteiger partial charge in [0.2, 0.25) is 70.9 Å². The molecule has 0 aliphatic rings. The van der Waals surface area contributed by atoms with Gasteiger partial charge in [0.15, 0.2) is 11.9 Å². The normalized spacial score (nSPS) is 13.9. The van der Waals surface area contributed by atoms with Crippen molar-refractivity contribution in [1.29, 1.82) is 10.8 Å². The number of para-hydroxylation sites is 1. The Bertz CT molecular complexity index is 4300. The number of imidazole rings is 1. The molecule has 117 heavy (non-hydrogen) atoms. The van der Waals surface area contributed by atoms with Gasteiger partial charge in [-0.1, -0.05) is 125 Å². The third-order valence-corrected chi connectivity index (χ3v) is 18.9. The van der Waals surface area contributed by atoms with Crippen molar-refractivity contribution >= 4 is 99.7 Å². The summed E-state index contributed by atoms with van der Waals surface area (Å²) in [5.41, 5.74) is 31.8. The number of aromatic hydroxyl groups is 1. The maximum absolute atomic E-state index is 15.3. The first-order chi connectivity index (χ1) is 55.9. The maximum atomic E-state index is 15.3. The molecule has 0 radical (unpaired) electrons. The summed E-state index contributed by atoms with van der Waals surface area (Å²) in [6.45, 7) is 4.80. The van der Waals surface area contributed by atoms with Crippen LogP contribution in [0.5, 0.6) is 5.75 Å². The van der Waals surface area contributed by atoms with Crippen LogP contribution in [0.1, 0.15) is 119 Å². The van der Waals surface area contributed by atoms with E-state index in [0.29, 0.717) is 52.4 Å². The van der Waals surface area contributed by atoms with Crippen molar-refractivity contribution in [1.82, 2.24) is 84.1 Å². The number of rotatable bonds is 51. The number of phenolic OH excluding ortho intramolecular Hbond substituents is 1. The molecule has 0 saturated carbocycles. The first kappa shape index (κ1) is 92.9. The molecule has 38 heteroatoms. The highest BCUT2D eigenvalue weighted by Gasteiger charge is 2.38. The molecule has 0 unspecified atom stereocenters. The van der Waals surface area contributed by atoms with Crippen molar-refractivity contribution in [3.05, 3.63) is 156 Å². The molecular weight excluding hydrogens is 1510 g/mol. The van der Waals surface area contributed by atoms with Gasteiger partial charge in [0.25, 0.3) is 0 Å². The predicted molar refractivity (Wildman–Crippen MR) is 434 cm³/mol. The second-order valence-corrected chi connectivity index (χ2v) is 28.6. The van der Waals surface area contributed by atoms with Crippen LogP contribution in [0.15, 0.2) is 128 Å². The zero-order valence-electron chi connectivity index (χ0n) is 65.7. The minimum absolute atomic E-state index is 0.00588. The number of nitrogens with two attached hydrogens (primary N) is 5. The van der Waals surface area contributed by atoms with Crippen molar-refractivity contribution in [3.8, 4) is 5.75 Å². The molecule has 0 bridgehead atoms. The number of primary amides is 1. The third-order valence-electron chi connectivity index (χ3n) is 18.9. The second kappa shape index (κ2) is 48.3. The molecule has 6 aromatic rings. The Kier molecular flexibility index (Phi) is 38.3. The van der Waals surface area contributed by atoms with Gasteiger partial charge in [0.05, 0.1) is 31.0 Å². The number of phenols is 1. The average Bonchev–Trinajstić information content (AvgIpc) is 1.71. The van der Waals surface area contributed by atoms with Gasteiger partial charge >= 0.3 is 5.97 Å². The quantitative estimate of drug-likeness (QED) is 0.0110. The van der Waals surface area contributed by atoms with Gasteiger partial charge in [0.1, 0.15) is 66.2 Å². The molecule has 4 aromatic carbocycles. The highest BCUT2D eigenvalue weighted by Crippen LogP contribution is 2.21. The van der Waals surface area contributed by atoms with E-state index in [-0.39, 0.29) is 108 Å². The van der Waals surface area contributed by atoms with Gasteiger partial charge in [-0.3, -0.25) is 73.1 Å². The number of benzene rings is 4. The number of carbonyl (C=O) groups is 13. The van der Waals surface area contributed by atoms with Gasteiger partial charge in [-0.2, -0.15) is 0 Å². The minimum Gasteiger partial charge on any atom is -0.508 e. The molecule has 11 atom stereocenters. The van der Waals surface area contributed by atoms with Gasteiger partial charge in [-0.15, -0.1) is 0 Å². The summed E-state index contributed by atoms with van der Waals surface area (Å²) in [5, 5.41) is 70.6. The number of nitrogens with one attached hydrogen (secondary N) is 17. The lowest BCUT2D eigenvalue weighted by Crippen LogP contribution is -2.61. The van der Waals surface area contributed by atoms with Crippen LogP contribution in [-0.2, 0) is 94.4 Å². The second-order valence-electron chi connectivity index (χ2n) is 28.6. The number of amides is 12. The van der Waals surface area contributed by atoms with Crippen molar-refractivity contribution in [3.63, 3.8) is 0 Å². The molecule has 0 saturated heterocycles. The van der Waals surface area contributed by atoms with E-state index in [1.54, 1.807) is 117 Å². The Morgan fingerprint density at radius 2 is 0.880 bits per heavy atom. The molecule has 632 valence electrons. The van der Waals surface area contributed by atoms with Crippen LogP contribution in [0.4, 0.5) is 0 Å². The Morgan fingerprint density at radius 1 is 0.453 bits per heavy atom. The van der Waals surface area contributed by atoms with E-state index in [1.165, 1.54) is 24.7 Å². The van der Waals surface area contributed by atoms with Gasteiger partial charge in [0, 0.05) is 62.1 Å². The Balaban J connectivity index is 1.30. The summed E-state index contributed by atoms with van der Waals surface area (Å²) in [4.78, 5) is 195. The number of nitrogens with zero attached hydrogens (tertiary/aromatic N) is 1. The first-order valence-electron chi connectivity index (χ1n) is 38.7. The van der Waals surface area contributed by atoms with Crippen LogP contribution in [0.2, 0.25) is 0 Å². The van der Waals surface area contributed by atoms with E-state index in [1.807, 2.05) is 6.92 Å². The number of hydrogen-bond acceptors (Lipinski definition) is 19. The maximum Gasteiger partial charge on any atom is 0.305 e. The lowest BCUT2D eigenvalue weighted by Gasteiger charge is -2.29. The Morgan fingerprint density at radius 3 is 1.35 bits per heavy atom. The summed E-state index contributed by atoms with van der Waals surface area (Å²) in [5.74, 6) is -13.8. The fourth-order valence-electron chi connectivity index (χ4n) is 12.6. The number of guanidine groups is 2. The number of H-pyrrole nitrogens is 2. The molecule has 0 spiro atoms. The molecule has 29 N–H and O–H groups in total. The van der Waals surface area contributed by atoms with E-state index >= 15 is 19.2 Å². The fourth-order valence-corrected chi connectivity index (χ4v) is 12.6. The summed E-state index contributed by atoms with van der Waals surface area (Å²) in [7, 11) is 0. The third kappa shape index (κ3) is 32.4. The van der Waals surface area contributed by atoms with E-state index in [4.69, 9.17) is 39.5 Å². The van der Waals surface area contributed by atoms with Gasteiger partial charge in [-0.25, -0.2) is 4.98 Å². The average molecular weight is 1620 g/mol. The Hall–Kier alpha value is -13.0. The molecule has 2 heterocycles. The van der Waals surface area contributed by atoms with E-state index in [0.717, 1.165) is 0 Å². The molecule has 12 amide bonds. The molecule has 0 aliphatic heterocycles. The van der Waals surface area contributed by atoms with Crippen LogP contribution in [-0.4, -0.2) is 207 Å². The van der Waals surface area contributed by atoms with Crippen LogP contribution in [0.25, 0.3) is 10.9 Å². The lowest BCUT2D eigenvalue weighted by molar-refractivity contribution is -0.141. The van der Waals surface area contributed by atoms with Crippen molar-refractivity contribution < 1.29 is 72.5 Å². The van der Waals surface area contributed by atoms with Crippen LogP contribution in [0, 0.1) is 16.7 Å². The monoisotopic (exact) mass is 1620 g/mol. The summed E-state index contributed by atoms with van der Waals surface area (Å²) >= 11 is 0. The van der Waals surface area contributed by atoms with Crippen LogP contribution >= 0.6 is 0 Å². The SMILES string of the molecule is CCCC[C@H](NC(=O)[C@@H](NC(=O)[C@@H](N)Cc1ccc(O)cc1)C(C)C)C(=O)N[C@@H](CC(=O)O)C(=O)N[C@@H](Cc1c[nH]cn1)C(=O)N[C@@H](Cc1ccccc1)C(=O)N[C@@H](CCCNC(=N)N)C(=O)N[C@@H](Cc1c[nH]c2ccccc12)C(=O)N[C@@H](CCCCN)C(=O)N[C@@H](CCCNC(=N)N)C(=O)N[C@@H](Cc1ccccc1)C(=O)NCC(N)=O. The summed E-state index contributed by atoms with van der Waals surface area (Å²) < 4.78 is 0. The van der Waals surface area contributed by atoms with E-state index < -0.39 is 175 Å². The minimum atomic E-state index is -1.92. The zero-order valence-corrected chi connectivity index (χ0v) is 65.7.